The van der Waals surface area contributed by atoms with Crippen LogP contribution in [0.5, 0.6) is 0 Å². The van der Waals surface area contributed by atoms with Crippen LogP contribution in [0, 0.1) is 17.0 Å². The van der Waals surface area contributed by atoms with Gasteiger partial charge in [-0.2, -0.15) is 0 Å². The van der Waals surface area contributed by atoms with Crippen molar-refractivity contribution in [1.29, 1.82) is 0 Å². The fraction of sp³-hybridized carbons (Fsp3) is 0.556. The molecule has 1 aliphatic heterocycles. The summed E-state index contributed by atoms with van der Waals surface area (Å²) in [5.74, 6) is -2.44. The smallest absolute Gasteiger partial charge is 0.239 e. The molecule has 0 aliphatic carbocycles. The van der Waals surface area contributed by atoms with E-state index in [0.29, 0.717) is 12.6 Å². The van der Waals surface area contributed by atoms with Gasteiger partial charge in [0.15, 0.2) is 0 Å². The van der Waals surface area contributed by atoms with E-state index in [-0.39, 0.29) is 17.6 Å². The summed E-state index contributed by atoms with van der Waals surface area (Å²) in [5.41, 5.74) is -1.46. The Morgan fingerprint density at radius 1 is 1.29 bits per heavy atom. The number of nitrogens with one attached hydrogen (secondary N) is 1. The van der Waals surface area contributed by atoms with Crippen molar-refractivity contribution < 1.29 is 18.4 Å². The van der Waals surface area contributed by atoms with E-state index in [2.05, 4.69) is 5.32 Å². The molecule has 1 unspecified atom stereocenters. The Hall–Kier alpha value is -1.98. The Bertz CT molecular complexity index is 631. The van der Waals surface area contributed by atoms with Crippen molar-refractivity contribution in [3.63, 3.8) is 0 Å². The summed E-state index contributed by atoms with van der Waals surface area (Å²) in [7, 11) is 0. The monoisotopic (exact) mass is 338 g/mol. The van der Waals surface area contributed by atoms with E-state index in [9.17, 15) is 18.4 Å². The zero-order valence-corrected chi connectivity index (χ0v) is 14.4. The third-order valence-electron chi connectivity index (χ3n) is 4.64. The maximum Gasteiger partial charge on any atom is 0.239 e. The Balaban J connectivity index is 2.15. The number of rotatable bonds is 4. The fourth-order valence-electron chi connectivity index (χ4n) is 3.02. The van der Waals surface area contributed by atoms with E-state index in [4.69, 9.17) is 0 Å². The highest BCUT2D eigenvalue weighted by Gasteiger charge is 2.41. The molecule has 0 aromatic heterocycles. The molecule has 0 spiro atoms. The van der Waals surface area contributed by atoms with Crippen molar-refractivity contribution in [2.24, 2.45) is 5.41 Å². The van der Waals surface area contributed by atoms with Crippen molar-refractivity contribution >= 4 is 17.5 Å². The highest BCUT2D eigenvalue weighted by molar-refractivity contribution is 6.10. The summed E-state index contributed by atoms with van der Waals surface area (Å²) in [6.07, 6.45) is 3.78. The lowest BCUT2D eigenvalue weighted by Gasteiger charge is -2.39. The van der Waals surface area contributed by atoms with Crippen LogP contribution < -0.4 is 5.32 Å². The largest absolute Gasteiger partial charge is 0.339 e. The number of nitrogens with zero attached hydrogens (tertiary/aromatic N) is 1. The molecule has 1 heterocycles. The number of piperidine rings is 1. The summed E-state index contributed by atoms with van der Waals surface area (Å²) < 4.78 is 26.7. The first kappa shape index (κ1) is 18.4. The predicted octanol–water partition coefficient (Wildman–Crippen LogP) is 3.72. The molecule has 1 aromatic carbocycles. The number of likely N-dealkylation sites (tertiary alicyclic amines) is 1. The molecule has 2 rings (SSSR count). The molecule has 1 aliphatic rings. The van der Waals surface area contributed by atoms with Crippen LogP contribution in [0.4, 0.5) is 14.5 Å². The van der Waals surface area contributed by atoms with Gasteiger partial charge in [0.05, 0.1) is 5.69 Å². The van der Waals surface area contributed by atoms with Crippen LogP contribution in [0.3, 0.4) is 0 Å². The molecule has 132 valence electrons. The molecule has 6 heteroatoms. The van der Waals surface area contributed by atoms with Crippen LogP contribution in [0.1, 0.15) is 46.5 Å². The first-order valence-electron chi connectivity index (χ1n) is 8.35. The third kappa shape index (κ3) is 3.74. The van der Waals surface area contributed by atoms with Gasteiger partial charge in [-0.15, -0.1) is 0 Å². The van der Waals surface area contributed by atoms with Crippen LogP contribution in [0.15, 0.2) is 18.2 Å². The van der Waals surface area contributed by atoms with E-state index >= 15 is 0 Å². The van der Waals surface area contributed by atoms with E-state index in [1.165, 1.54) is 13.8 Å². The fourth-order valence-corrected chi connectivity index (χ4v) is 3.02. The van der Waals surface area contributed by atoms with Gasteiger partial charge in [-0.3, -0.25) is 9.59 Å². The average molecular weight is 338 g/mol. The quantitative estimate of drug-likeness (QED) is 0.851. The van der Waals surface area contributed by atoms with Crippen molar-refractivity contribution in [2.45, 2.75) is 52.5 Å². The van der Waals surface area contributed by atoms with Crippen molar-refractivity contribution in [1.82, 2.24) is 4.90 Å². The van der Waals surface area contributed by atoms with Crippen molar-refractivity contribution in [3.8, 4) is 0 Å². The minimum atomic E-state index is -1.33. The molecule has 1 saturated heterocycles. The molecule has 4 nitrogen and oxygen atoms in total. The lowest BCUT2D eigenvalue weighted by molar-refractivity contribution is -0.149. The van der Waals surface area contributed by atoms with Crippen molar-refractivity contribution in [2.75, 3.05) is 11.9 Å². The first-order valence-corrected chi connectivity index (χ1v) is 8.35. The van der Waals surface area contributed by atoms with Crippen LogP contribution in [0.2, 0.25) is 0 Å². The third-order valence-corrected chi connectivity index (χ3v) is 4.64. The van der Waals surface area contributed by atoms with Crippen LogP contribution in [0.25, 0.3) is 0 Å². The first-order chi connectivity index (χ1) is 11.3. The Morgan fingerprint density at radius 3 is 2.62 bits per heavy atom. The standard InChI is InChI=1S/C18H24F2N2O2/c1-4-13-7-5-6-10-22(13)17(24)18(2,3)16(23)21-15-9-8-12(19)11-14(15)20/h8-9,11,13H,4-7,10H2,1-3H3,(H,21,23). The van der Waals surface area contributed by atoms with E-state index < -0.39 is 23.0 Å². The number of carbonyl (C=O) groups excluding carboxylic acids is 2. The van der Waals surface area contributed by atoms with Gasteiger partial charge >= 0.3 is 0 Å². The van der Waals surface area contributed by atoms with Crippen molar-refractivity contribution in [3.05, 3.63) is 29.8 Å². The zero-order chi connectivity index (χ0) is 17.9. The zero-order valence-electron chi connectivity index (χ0n) is 14.4. The van der Waals surface area contributed by atoms with E-state index in [0.717, 1.165) is 37.8 Å². The van der Waals surface area contributed by atoms with Crippen LogP contribution in [-0.2, 0) is 9.59 Å². The van der Waals surface area contributed by atoms with Crippen LogP contribution in [-0.4, -0.2) is 29.3 Å². The summed E-state index contributed by atoms with van der Waals surface area (Å²) >= 11 is 0. The molecular weight excluding hydrogens is 314 g/mol. The van der Waals surface area contributed by atoms with Crippen LogP contribution >= 0.6 is 0 Å². The highest BCUT2D eigenvalue weighted by Crippen LogP contribution is 2.28. The second kappa shape index (κ2) is 7.28. The molecule has 1 aromatic rings. The van der Waals surface area contributed by atoms with Gasteiger partial charge in [0.2, 0.25) is 11.8 Å². The van der Waals surface area contributed by atoms with Gasteiger partial charge in [-0.05, 0) is 51.7 Å². The highest BCUT2D eigenvalue weighted by atomic mass is 19.1. The number of carbonyl (C=O) groups is 2. The predicted molar refractivity (Wildman–Crippen MR) is 88.4 cm³/mol. The van der Waals surface area contributed by atoms with Gasteiger partial charge in [0.25, 0.3) is 0 Å². The topological polar surface area (TPSA) is 49.4 Å². The summed E-state index contributed by atoms with van der Waals surface area (Å²) in [4.78, 5) is 27.2. The molecule has 2 amide bonds. The molecular formula is C18H24F2N2O2. The second-order valence-electron chi connectivity index (χ2n) is 6.76. The molecule has 1 fully saturated rings. The summed E-state index contributed by atoms with van der Waals surface area (Å²) in [5, 5.41) is 2.40. The molecule has 0 saturated carbocycles. The van der Waals surface area contributed by atoms with Gasteiger partial charge in [0, 0.05) is 18.7 Å². The Morgan fingerprint density at radius 2 is 2.00 bits per heavy atom. The molecule has 24 heavy (non-hydrogen) atoms. The van der Waals surface area contributed by atoms with E-state index in [1.807, 2.05) is 6.92 Å². The van der Waals surface area contributed by atoms with E-state index in [1.54, 1.807) is 4.90 Å². The minimum Gasteiger partial charge on any atom is -0.339 e. The SMILES string of the molecule is CCC1CCCCN1C(=O)C(C)(C)C(=O)Nc1ccc(F)cc1F. The maximum atomic E-state index is 13.7. The van der Waals surface area contributed by atoms with Gasteiger partial charge in [0.1, 0.15) is 17.0 Å². The van der Waals surface area contributed by atoms with Gasteiger partial charge in [-0.1, -0.05) is 6.92 Å². The molecule has 1 N–H and O–H groups in total. The minimum absolute atomic E-state index is 0.132. The summed E-state index contributed by atoms with van der Waals surface area (Å²) in [6.45, 7) is 5.73. The molecule has 0 radical (unpaired) electrons. The summed E-state index contributed by atoms with van der Waals surface area (Å²) in [6, 6.07) is 3.05. The number of hydrogen-bond donors (Lipinski definition) is 1. The van der Waals surface area contributed by atoms with Gasteiger partial charge < -0.3 is 10.2 Å². The number of amides is 2. The maximum absolute atomic E-state index is 13.7. The lowest BCUT2D eigenvalue weighted by Crippen LogP contribution is -2.52. The number of hydrogen-bond acceptors (Lipinski definition) is 2. The number of anilines is 1. The Kier molecular flexibility index (Phi) is 5.57. The molecule has 1 atom stereocenters. The second-order valence-corrected chi connectivity index (χ2v) is 6.76. The van der Waals surface area contributed by atoms with Gasteiger partial charge in [-0.25, -0.2) is 8.78 Å². The normalized spacial score (nSPS) is 18.4. The Labute approximate surface area is 141 Å². The number of benzene rings is 1. The lowest BCUT2D eigenvalue weighted by atomic mass is 9.87. The number of halogens is 2. The average Bonchev–Trinajstić information content (AvgIpc) is 2.56. The molecule has 0 bridgehead atoms.